The van der Waals surface area contributed by atoms with Crippen LogP contribution in [-0.4, -0.2) is 29.0 Å². The van der Waals surface area contributed by atoms with Gasteiger partial charge in [-0.3, -0.25) is 4.79 Å². The Balaban J connectivity index is 1.89. The van der Waals surface area contributed by atoms with Crippen LogP contribution >= 0.6 is 23.1 Å². The van der Waals surface area contributed by atoms with Crippen molar-refractivity contribution in [1.29, 1.82) is 5.26 Å². The number of rotatable bonds is 4. The van der Waals surface area contributed by atoms with Crippen LogP contribution in [0.1, 0.15) is 18.4 Å². The van der Waals surface area contributed by atoms with E-state index >= 15 is 0 Å². The second-order valence-corrected chi connectivity index (χ2v) is 5.03. The molecule has 1 amide bonds. The van der Waals surface area contributed by atoms with Gasteiger partial charge < -0.3 is 15.8 Å². The lowest BCUT2D eigenvalue weighted by Gasteiger charge is -2.12. The summed E-state index contributed by atoms with van der Waals surface area (Å²) in [6.07, 6.45) is 0.804. The maximum atomic E-state index is 10.9. The Hall–Kier alpha value is -1.36. The second kappa shape index (κ2) is 5.52. The van der Waals surface area contributed by atoms with Crippen LogP contribution in [0, 0.1) is 11.3 Å². The number of nitrogens with one attached hydrogen (secondary N) is 1. The van der Waals surface area contributed by atoms with Crippen molar-refractivity contribution in [3.8, 4) is 6.07 Å². The molecule has 0 radical (unpaired) electrons. The normalized spacial score (nSPS) is 22.7. The summed E-state index contributed by atoms with van der Waals surface area (Å²) in [6, 6.07) is 1.98. The molecule has 2 heterocycles. The smallest absolute Gasteiger partial charge is 0.246 e. The molecule has 6 nitrogen and oxygen atoms in total. The standard InChI is InChI=1S/C10H11ClN4O2S/c11-8-6(3-12)10(18-15-8)14-4-5-1-2-7(17-5)9(13)16/h5,7,14H,1-2,4H2,(H2,13,16). The van der Waals surface area contributed by atoms with Gasteiger partial charge in [-0.05, 0) is 24.4 Å². The summed E-state index contributed by atoms with van der Waals surface area (Å²) in [4.78, 5) is 10.9. The monoisotopic (exact) mass is 286 g/mol. The largest absolute Gasteiger partial charge is 0.372 e. The number of nitriles is 1. The van der Waals surface area contributed by atoms with Crippen molar-refractivity contribution in [3.63, 3.8) is 0 Å². The highest BCUT2D eigenvalue weighted by Crippen LogP contribution is 2.28. The molecule has 0 aliphatic carbocycles. The van der Waals surface area contributed by atoms with Gasteiger partial charge in [0.2, 0.25) is 5.91 Å². The van der Waals surface area contributed by atoms with Crippen LogP contribution in [0.3, 0.4) is 0 Å². The van der Waals surface area contributed by atoms with Gasteiger partial charge in [-0.1, -0.05) is 11.6 Å². The minimum atomic E-state index is -0.503. The van der Waals surface area contributed by atoms with Crippen LogP contribution < -0.4 is 11.1 Å². The lowest BCUT2D eigenvalue weighted by Crippen LogP contribution is -2.30. The lowest BCUT2D eigenvalue weighted by atomic mass is 10.2. The Morgan fingerprint density at radius 1 is 1.72 bits per heavy atom. The van der Waals surface area contributed by atoms with E-state index in [-0.39, 0.29) is 11.3 Å². The number of anilines is 1. The number of nitrogens with zero attached hydrogens (tertiary/aromatic N) is 2. The molecular formula is C10H11ClN4O2S. The van der Waals surface area contributed by atoms with E-state index in [2.05, 4.69) is 9.69 Å². The Morgan fingerprint density at radius 2 is 2.50 bits per heavy atom. The average Bonchev–Trinajstić information content (AvgIpc) is 2.93. The number of hydrogen-bond donors (Lipinski definition) is 2. The molecule has 1 aliphatic rings. The van der Waals surface area contributed by atoms with Crippen LogP contribution in [0.5, 0.6) is 0 Å². The third-order valence-corrected chi connectivity index (χ3v) is 3.86. The molecule has 3 N–H and O–H groups in total. The molecule has 1 aromatic rings. The van der Waals surface area contributed by atoms with Gasteiger partial charge in [0.1, 0.15) is 22.7 Å². The molecule has 18 heavy (non-hydrogen) atoms. The molecule has 1 saturated heterocycles. The lowest BCUT2D eigenvalue weighted by molar-refractivity contribution is -0.128. The number of hydrogen-bond acceptors (Lipinski definition) is 6. The molecule has 8 heteroatoms. The first-order valence-corrected chi connectivity index (χ1v) is 6.51. The summed E-state index contributed by atoms with van der Waals surface area (Å²) in [6.45, 7) is 0.497. The molecule has 96 valence electrons. The highest BCUT2D eigenvalue weighted by atomic mass is 35.5. The number of amides is 1. The van der Waals surface area contributed by atoms with Gasteiger partial charge >= 0.3 is 0 Å². The van der Waals surface area contributed by atoms with Gasteiger partial charge in [-0.25, -0.2) is 0 Å². The van der Waals surface area contributed by atoms with E-state index in [9.17, 15) is 4.79 Å². The highest BCUT2D eigenvalue weighted by molar-refractivity contribution is 7.10. The van der Waals surface area contributed by atoms with Crippen LogP contribution in [0.2, 0.25) is 5.15 Å². The Morgan fingerprint density at radius 3 is 3.11 bits per heavy atom. The summed E-state index contributed by atoms with van der Waals surface area (Å²) in [5.41, 5.74) is 5.50. The highest BCUT2D eigenvalue weighted by Gasteiger charge is 2.29. The number of nitrogens with two attached hydrogens (primary N) is 1. The average molecular weight is 287 g/mol. The summed E-state index contributed by atoms with van der Waals surface area (Å²) in [5.74, 6) is -0.434. The topological polar surface area (TPSA) is 101 Å². The number of carbonyl (C=O) groups excluding carboxylic acids is 1. The molecule has 0 saturated carbocycles. The second-order valence-electron chi connectivity index (χ2n) is 3.90. The minimum Gasteiger partial charge on any atom is -0.372 e. The Labute approximate surface area is 113 Å². The fourth-order valence-corrected chi connectivity index (χ4v) is 2.70. The van der Waals surface area contributed by atoms with Gasteiger partial charge in [-0.15, -0.1) is 0 Å². The number of halogens is 1. The first kappa shape index (κ1) is 13.1. The molecule has 2 unspecified atom stereocenters. The third-order valence-electron chi connectivity index (χ3n) is 2.68. The van der Waals surface area contributed by atoms with Crippen LogP contribution in [0.25, 0.3) is 0 Å². The zero-order chi connectivity index (χ0) is 13.1. The van der Waals surface area contributed by atoms with Crippen molar-refractivity contribution in [2.75, 3.05) is 11.9 Å². The molecule has 1 fully saturated rings. The molecule has 0 spiro atoms. The van der Waals surface area contributed by atoms with Crippen molar-refractivity contribution in [2.24, 2.45) is 5.73 Å². The number of carbonyl (C=O) groups is 1. The Bertz CT molecular complexity index is 499. The maximum absolute atomic E-state index is 10.9. The number of aromatic nitrogens is 1. The van der Waals surface area contributed by atoms with E-state index in [0.29, 0.717) is 23.5 Å². The maximum Gasteiger partial charge on any atom is 0.246 e. The van der Waals surface area contributed by atoms with Crippen LogP contribution in [0.4, 0.5) is 5.00 Å². The van der Waals surface area contributed by atoms with Crippen molar-refractivity contribution < 1.29 is 9.53 Å². The van der Waals surface area contributed by atoms with E-state index in [1.807, 2.05) is 6.07 Å². The summed E-state index contributed by atoms with van der Waals surface area (Å²) >= 11 is 6.88. The fraction of sp³-hybridized carbons (Fsp3) is 0.500. The Kier molecular flexibility index (Phi) is 4.01. The van der Waals surface area contributed by atoms with E-state index < -0.39 is 12.0 Å². The minimum absolute atomic E-state index is 0.0880. The van der Waals surface area contributed by atoms with Crippen molar-refractivity contribution in [2.45, 2.75) is 25.0 Å². The zero-order valence-electron chi connectivity index (χ0n) is 9.35. The number of ether oxygens (including phenoxy) is 1. The first-order valence-electron chi connectivity index (χ1n) is 5.35. The fourth-order valence-electron chi connectivity index (χ4n) is 1.76. The zero-order valence-corrected chi connectivity index (χ0v) is 10.9. The van der Waals surface area contributed by atoms with E-state index in [1.54, 1.807) is 0 Å². The quantitative estimate of drug-likeness (QED) is 0.863. The molecule has 2 rings (SSSR count). The van der Waals surface area contributed by atoms with E-state index in [0.717, 1.165) is 18.0 Å². The van der Waals surface area contributed by atoms with Crippen molar-refractivity contribution in [3.05, 3.63) is 10.7 Å². The SMILES string of the molecule is N#Cc1c(Cl)nsc1NCC1CCC(C(N)=O)O1. The van der Waals surface area contributed by atoms with E-state index in [1.165, 1.54) is 0 Å². The van der Waals surface area contributed by atoms with Gasteiger partial charge in [0, 0.05) is 6.54 Å². The molecule has 0 aromatic carbocycles. The molecule has 1 aromatic heterocycles. The van der Waals surface area contributed by atoms with Crippen LogP contribution in [0.15, 0.2) is 0 Å². The van der Waals surface area contributed by atoms with Gasteiger partial charge in [0.05, 0.1) is 6.10 Å². The van der Waals surface area contributed by atoms with E-state index in [4.69, 9.17) is 27.3 Å². The number of primary amides is 1. The molecule has 2 atom stereocenters. The third kappa shape index (κ3) is 2.72. The molecule has 1 aliphatic heterocycles. The summed E-state index contributed by atoms with van der Waals surface area (Å²) < 4.78 is 9.34. The molecular weight excluding hydrogens is 276 g/mol. The molecule has 0 bridgehead atoms. The summed E-state index contributed by atoms with van der Waals surface area (Å²) in [5, 5.41) is 12.8. The van der Waals surface area contributed by atoms with Crippen molar-refractivity contribution in [1.82, 2.24) is 4.37 Å². The van der Waals surface area contributed by atoms with Gasteiger partial charge in [0.15, 0.2) is 5.15 Å². The van der Waals surface area contributed by atoms with Crippen molar-refractivity contribution >= 4 is 34.0 Å². The van der Waals surface area contributed by atoms with Crippen LogP contribution in [-0.2, 0) is 9.53 Å². The summed E-state index contributed by atoms with van der Waals surface area (Å²) in [7, 11) is 0. The van der Waals surface area contributed by atoms with Gasteiger partial charge in [0.25, 0.3) is 0 Å². The van der Waals surface area contributed by atoms with Gasteiger partial charge in [-0.2, -0.15) is 9.64 Å². The predicted octanol–water partition coefficient (Wildman–Crippen LogP) is 1.11. The first-order chi connectivity index (χ1) is 8.61. The predicted molar refractivity (Wildman–Crippen MR) is 67.4 cm³/mol.